The lowest BCUT2D eigenvalue weighted by Gasteiger charge is -2.23. The first kappa shape index (κ1) is 22.3. The van der Waals surface area contributed by atoms with Crippen LogP contribution in [0.1, 0.15) is 49.9 Å². The molecule has 1 unspecified atom stereocenters. The standard InChI is InChI=1S/C22H23F3N2O2/c1-14(2)11-20(21(28)27-15(3)16-7-5-4-6-8-16)29-18-10-9-17(13-26)19(12-18)22(23,24)25/h4-10,12,14-15,20H,11H2,1-3H3,(H,27,28)/t15-,20?/m0/s1. The van der Waals surface area contributed by atoms with Gasteiger partial charge in [0.25, 0.3) is 5.91 Å². The molecular formula is C22H23F3N2O2. The average Bonchev–Trinajstić information content (AvgIpc) is 2.67. The number of amides is 1. The van der Waals surface area contributed by atoms with Crippen LogP contribution in [0.3, 0.4) is 0 Å². The molecule has 0 aromatic heterocycles. The molecule has 0 bridgehead atoms. The van der Waals surface area contributed by atoms with Crippen LogP contribution < -0.4 is 10.1 Å². The van der Waals surface area contributed by atoms with Crippen molar-refractivity contribution in [1.82, 2.24) is 5.32 Å². The second-order valence-electron chi connectivity index (χ2n) is 7.19. The van der Waals surface area contributed by atoms with E-state index in [4.69, 9.17) is 10.00 Å². The van der Waals surface area contributed by atoms with Gasteiger partial charge in [-0.05, 0) is 43.0 Å². The molecule has 1 N–H and O–H groups in total. The summed E-state index contributed by atoms with van der Waals surface area (Å²) in [6, 6.07) is 13.7. The number of nitrogens with zero attached hydrogens (tertiary/aromatic N) is 1. The Morgan fingerprint density at radius 1 is 1.14 bits per heavy atom. The molecule has 2 atom stereocenters. The maximum atomic E-state index is 13.2. The third kappa shape index (κ3) is 6.24. The van der Waals surface area contributed by atoms with Gasteiger partial charge in [-0.1, -0.05) is 44.2 Å². The van der Waals surface area contributed by atoms with Gasteiger partial charge in [-0.15, -0.1) is 0 Å². The summed E-state index contributed by atoms with van der Waals surface area (Å²) in [5.41, 5.74) is -0.673. The highest BCUT2D eigenvalue weighted by atomic mass is 19.4. The van der Waals surface area contributed by atoms with E-state index in [9.17, 15) is 18.0 Å². The molecule has 0 radical (unpaired) electrons. The average molecular weight is 404 g/mol. The molecule has 0 saturated carbocycles. The molecule has 1 amide bonds. The summed E-state index contributed by atoms with van der Waals surface area (Å²) in [5.74, 6) is -0.435. The maximum absolute atomic E-state index is 13.2. The smallest absolute Gasteiger partial charge is 0.417 e. The summed E-state index contributed by atoms with van der Waals surface area (Å²) in [5, 5.41) is 11.8. The number of carbonyl (C=O) groups is 1. The number of hydrogen-bond acceptors (Lipinski definition) is 3. The van der Waals surface area contributed by atoms with E-state index >= 15 is 0 Å². The Morgan fingerprint density at radius 2 is 1.79 bits per heavy atom. The van der Waals surface area contributed by atoms with Gasteiger partial charge in [0.05, 0.1) is 23.2 Å². The Morgan fingerprint density at radius 3 is 2.34 bits per heavy atom. The molecular weight excluding hydrogens is 381 g/mol. The van der Waals surface area contributed by atoms with Gasteiger partial charge in [0, 0.05) is 0 Å². The number of hydrogen-bond donors (Lipinski definition) is 1. The third-order valence-corrected chi connectivity index (χ3v) is 4.33. The first-order valence-electron chi connectivity index (χ1n) is 9.25. The first-order chi connectivity index (χ1) is 13.6. The van der Waals surface area contributed by atoms with Crippen LogP contribution in [0.5, 0.6) is 5.75 Å². The molecule has 2 aromatic carbocycles. The summed E-state index contributed by atoms with van der Waals surface area (Å²) in [6.45, 7) is 5.61. The van der Waals surface area contributed by atoms with E-state index < -0.39 is 29.3 Å². The van der Waals surface area contributed by atoms with Gasteiger partial charge in [0.2, 0.25) is 0 Å². The maximum Gasteiger partial charge on any atom is 0.417 e. The lowest BCUT2D eigenvalue weighted by atomic mass is 10.0. The van der Waals surface area contributed by atoms with Gasteiger partial charge >= 0.3 is 6.18 Å². The Balaban J connectivity index is 2.22. The van der Waals surface area contributed by atoms with Crippen LogP contribution in [0.15, 0.2) is 48.5 Å². The van der Waals surface area contributed by atoms with E-state index in [1.807, 2.05) is 51.1 Å². The van der Waals surface area contributed by atoms with Crippen molar-refractivity contribution in [2.75, 3.05) is 0 Å². The highest BCUT2D eigenvalue weighted by Crippen LogP contribution is 2.34. The Bertz CT molecular complexity index is 874. The fourth-order valence-electron chi connectivity index (χ4n) is 2.86. The van der Waals surface area contributed by atoms with Crippen molar-refractivity contribution in [2.24, 2.45) is 5.92 Å². The number of rotatable bonds is 7. The molecule has 2 rings (SSSR count). The second kappa shape index (κ2) is 9.46. The van der Waals surface area contributed by atoms with Crippen LogP contribution in [0.4, 0.5) is 13.2 Å². The zero-order valence-corrected chi connectivity index (χ0v) is 16.5. The number of halogens is 3. The van der Waals surface area contributed by atoms with Crippen LogP contribution in [-0.4, -0.2) is 12.0 Å². The van der Waals surface area contributed by atoms with E-state index in [-0.39, 0.29) is 17.7 Å². The summed E-state index contributed by atoms with van der Waals surface area (Å²) in [4.78, 5) is 12.8. The lowest BCUT2D eigenvalue weighted by Crippen LogP contribution is -2.40. The molecule has 0 fully saturated rings. The van der Waals surface area contributed by atoms with Gasteiger partial charge in [-0.3, -0.25) is 4.79 Å². The fraction of sp³-hybridized carbons (Fsp3) is 0.364. The molecule has 0 heterocycles. The molecule has 154 valence electrons. The number of ether oxygens (including phenoxy) is 1. The minimum Gasteiger partial charge on any atom is -0.481 e. The van der Waals surface area contributed by atoms with Gasteiger partial charge in [-0.25, -0.2) is 0 Å². The number of nitrogens with one attached hydrogen (secondary N) is 1. The minimum atomic E-state index is -4.69. The second-order valence-corrected chi connectivity index (χ2v) is 7.19. The predicted octanol–water partition coefficient (Wildman–Crippen LogP) is 5.25. The van der Waals surface area contributed by atoms with Crippen molar-refractivity contribution in [1.29, 1.82) is 5.26 Å². The van der Waals surface area contributed by atoms with E-state index in [1.54, 1.807) is 0 Å². The summed E-state index contributed by atoms with van der Waals surface area (Å²) in [7, 11) is 0. The summed E-state index contributed by atoms with van der Waals surface area (Å²) in [6.07, 6.45) is -5.33. The van der Waals surface area contributed by atoms with Crippen molar-refractivity contribution in [2.45, 2.75) is 45.5 Å². The Labute approximate surface area is 168 Å². The summed E-state index contributed by atoms with van der Waals surface area (Å²) < 4.78 is 45.2. The minimum absolute atomic E-state index is 0.0817. The van der Waals surface area contributed by atoms with Gasteiger partial charge in [0.15, 0.2) is 6.10 Å². The van der Waals surface area contributed by atoms with Crippen LogP contribution in [-0.2, 0) is 11.0 Å². The summed E-state index contributed by atoms with van der Waals surface area (Å²) >= 11 is 0. The fourth-order valence-corrected chi connectivity index (χ4v) is 2.86. The first-order valence-corrected chi connectivity index (χ1v) is 9.25. The van der Waals surface area contributed by atoms with Gasteiger partial charge in [0.1, 0.15) is 5.75 Å². The third-order valence-electron chi connectivity index (χ3n) is 4.33. The molecule has 0 aliphatic heterocycles. The van der Waals surface area contributed by atoms with E-state index in [1.165, 1.54) is 12.1 Å². The zero-order valence-electron chi connectivity index (χ0n) is 16.5. The van der Waals surface area contributed by atoms with Crippen LogP contribution in [0, 0.1) is 17.2 Å². The molecule has 4 nitrogen and oxygen atoms in total. The van der Waals surface area contributed by atoms with Crippen molar-refractivity contribution >= 4 is 5.91 Å². The molecule has 29 heavy (non-hydrogen) atoms. The normalized spacial score (nSPS) is 13.4. The molecule has 2 aromatic rings. The SMILES string of the molecule is CC(C)CC(Oc1ccc(C#N)c(C(F)(F)F)c1)C(=O)N[C@@H](C)c1ccccc1. The van der Waals surface area contributed by atoms with Crippen LogP contribution >= 0.6 is 0 Å². The predicted molar refractivity (Wildman–Crippen MR) is 103 cm³/mol. The number of nitriles is 1. The van der Waals surface area contributed by atoms with Crippen LogP contribution in [0.25, 0.3) is 0 Å². The topological polar surface area (TPSA) is 62.1 Å². The van der Waals surface area contributed by atoms with Crippen LogP contribution in [0.2, 0.25) is 0 Å². The molecule has 0 spiro atoms. The number of benzene rings is 2. The highest BCUT2D eigenvalue weighted by molar-refractivity contribution is 5.81. The van der Waals surface area contributed by atoms with E-state index in [0.717, 1.165) is 17.7 Å². The monoisotopic (exact) mass is 404 g/mol. The zero-order chi connectivity index (χ0) is 21.6. The molecule has 0 aliphatic carbocycles. The molecule has 0 aliphatic rings. The van der Waals surface area contributed by atoms with Crippen molar-refractivity contribution in [3.63, 3.8) is 0 Å². The van der Waals surface area contributed by atoms with Gasteiger partial charge < -0.3 is 10.1 Å². The Hall–Kier alpha value is -3.01. The molecule has 7 heteroatoms. The lowest BCUT2D eigenvalue weighted by molar-refractivity contribution is -0.137. The Kier molecular flexibility index (Phi) is 7.27. The number of carbonyl (C=O) groups excluding carboxylic acids is 1. The van der Waals surface area contributed by atoms with Crippen molar-refractivity contribution < 1.29 is 22.7 Å². The van der Waals surface area contributed by atoms with Gasteiger partial charge in [-0.2, -0.15) is 18.4 Å². The molecule has 0 saturated heterocycles. The van der Waals surface area contributed by atoms with E-state index in [0.29, 0.717) is 6.42 Å². The number of alkyl halides is 3. The highest BCUT2D eigenvalue weighted by Gasteiger charge is 2.34. The van der Waals surface area contributed by atoms with Crippen molar-refractivity contribution in [3.05, 3.63) is 65.2 Å². The largest absolute Gasteiger partial charge is 0.481 e. The quantitative estimate of drug-likeness (QED) is 0.686. The van der Waals surface area contributed by atoms with E-state index in [2.05, 4.69) is 5.32 Å². The van der Waals surface area contributed by atoms with Crippen molar-refractivity contribution in [3.8, 4) is 11.8 Å².